The molecule has 2 aromatic heterocycles. The Morgan fingerprint density at radius 1 is 1.06 bits per heavy atom. The van der Waals surface area contributed by atoms with E-state index in [0.29, 0.717) is 28.1 Å². The van der Waals surface area contributed by atoms with Crippen LogP contribution in [0.5, 0.6) is 17.4 Å². The van der Waals surface area contributed by atoms with Crippen molar-refractivity contribution in [3.05, 3.63) is 71.6 Å². The number of hydrogen-bond acceptors (Lipinski definition) is 5. The van der Waals surface area contributed by atoms with Crippen LogP contribution in [0.2, 0.25) is 0 Å². The third kappa shape index (κ3) is 4.54. The lowest BCUT2D eigenvalue weighted by Crippen LogP contribution is -2.06. The van der Waals surface area contributed by atoms with Gasteiger partial charge in [0.1, 0.15) is 17.1 Å². The Morgan fingerprint density at radius 3 is 2.52 bits per heavy atom. The van der Waals surface area contributed by atoms with Gasteiger partial charge in [-0.05, 0) is 42.3 Å². The standard InChI is InChI=1S/C24H22F2N2O4S/c1-4-33(29,30)13-15-5-7-20(32-21-8-6-16(25)10-19(21)26)17(9-15)18-12-27-23-22(18)14(2)11-28-24(23)31-3/h5-12,27H,4,13H2,1-3H3. The molecule has 0 bridgehead atoms. The third-order valence-corrected chi connectivity index (χ3v) is 6.98. The summed E-state index contributed by atoms with van der Waals surface area (Å²) in [7, 11) is -1.77. The zero-order valence-electron chi connectivity index (χ0n) is 18.3. The number of methoxy groups -OCH3 is 1. The molecule has 0 radical (unpaired) electrons. The number of H-pyrrole nitrogens is 1. The van der Waals surface area contributed by atoms with Gasteiger partial charge in [0, 0.05) is 40.7 Å². The first kappa shape index (κ1) is 22.7. The Labute approximate surface area is 190 Å². The van der Waals surface area contributed by atoms with Gasteiger partial charge in [-0.15, -0.1) is 0 Å². The number of ether oxygens (including phenoxy) is 2. The van der Waals surface area contributed by atoms with Crippen molar-refractivity contribution in [2.24, 2.45) is 0 Å². The van der Waals surface area contributed by atoms with Crippen LogP contribution in [0.25, 0.3) is 22.0 Å². The number of rotatable bonds is 7. The molecule has 0 atom stereocenters. The fourth-order valence-electron chi connectivity index (χ4n) is 3.65. The van der Waals surface area contributed by atoms with E-state index in [1.807, 2.05) is 6.92 Å². The molecule has 4 aromatic rings. The first-order valence-corrected chi connectivity index (χ1v) is 12.0. The Hall–Kier alpha value is -3.46. The summed E-state index contributed by atoms with van der Waals surface area (Å²) in [4.78, 5) is 7.42. The van der Waals surface area contributed by atoms with E-state index in [4.69, 9.17) is 9.47 Å². The summed E-state index contributed by atoms with van der Waals surface area (Å²) in [6, 6.07) is 7.97. The average Bonchev–Trinajstić information content (AvgIpc) is 3.23. The van der Waals surface area contributed by atoms with E-state index in [9.17, 15) is 17.2 Å². The number of halogens is 2. The molecule has 0 unspecified atom stereocenters. The molecule has 0 saturated carbocycles. The summed E-state index contributed by atoms with van der Waals surface area (Å²) in [5.74, 6) is -1.16. The largest absolute Gasteiger partial charge is 0.479 e. The van der Waals surface area contributed by atoms with E-state index in [0.717, 1.165) is 23.1 Å². The summed E-state index contributed by atoms with van der Waals surface area (Å²) in [5.41, 5.74) is 3.33. The molecule has 6 nitrogen and oxygen atoms in total. The molecule has 2 heterocycles. The van der Waals surface area contributed by atoms with Gasteiger partial charge in [0.2, 0.25) is 5.88 Å². The normalized spacial score (nSPS) is 11.7. The van der Waals surface area contributed by atoms with Crippen molar-refractivity contribution in [2.75, 3.05) is 12.9 Å². The number of aryl methyl sites for hydroxylation is 1. The Balaban J connectivity index is 1.91. The summed E-state index contributed by atoms with van der Waals surface area (Å²) < 4.78 is 63.3. The van der Waals surface area contributed by atoms with Gasteiger partial charge in [0.15, 0.2) is 21.4 Å². The second-order valence-electron chi connectivity index (χ2n) is 7.59. The quantitative estimate of drug-likeness (QED) is 0.381. The fourth-order valence-corrected chi connectivity index (χ4v) is 4.54. The molecule has 172 valence electrons. The van der Waals surface area contributed by atoms with Gasteiger partial charge >= 0.3 is 0 Å². The SMILES string of the molecule is CCS(=O)(=O)Cc1ccc(Oc2ccc(F)cc2F)c(-c2c[nH]c3c(OC)ncc(C)c23)c1. The van der Waals surface area contributed by atoms with Gasteiger partial charge in [-0.25, -0.2) is 22.2 Å². The zero-order chi connectivity index (χ0) is 23.8. The predicted octanol–water partition coefficient (Wildman–Crippen LogP) is 5.55. The lowest BCUT2D eigenvalue weighted by atomic mass is 10.00. The number of aromatic amines is 1. The maximum Gasteiger partial charge on any atom is 0.238 e. The monoisotopic (exact) mass is 472 g/mol. The van der Waals surface area contributed by atoms with Crippen molar-refractivity contribution in [3.8, 4) is 28.5 Å². The topological polar surface area (TPSA) is 81.3 Å². The van der Waals surface area contributed by atoms with Gasteiger partial charge in [0.25, 0.3) is 0 Å². The van der Waals surface area contributed by atoms with E-state index in [2.05, 4.69) is 9.97 Å². The van der Waals surface area contributed by atoms with Crippen molar-refractivity contribution < 1.29 is 26.7 Å². The van der Waals surface area contributed by atoms with Crippen molar-refractivity contribution in [1.29, 1.82) is 0 Å². The molecule has 0 fully saturated rings. The minimum Gasteiger partial charge on any atom is -0.479 e. The number of hydrogen-bond donors (Lipinski definition) is 1. The molecule has 0 aliphatic heterocycles. The number of nitrogens with one attached hydrogen (secondary N) is 1. The lowest BCUT2D eigenvalue weighted by molar-refractivity contribution is 0.402. The zero-order valence-corrected chi connectivity index (χ0v) is 19.1. The summed E-state index contributed by atoms with van der Waals surface area (Å²) in [5, 5.41) is 0.807. The molecule has 4 rings (SSSR count). The fraction of sp³-hybridized carbons (Fsp3) is 0.208. The van der Waals surface area contributed by atoms with Crippen molar-refractivity contribution in [2.45, 2.75) is 19.6 Å². The van der Waals surface area contributed by atoms with Crippen molar-refractivity contribution >= 4 is 20.7 Å². The van der Waals surface area contributed by atoms with Crippen LogP contribution in [0.15, 0.2) is 48.8 Å². The molecule has 0 spiro atoms. The molecular weight excluding hydrogens is 450 g/mol. The van der Waals surface area contributed by atoms with Crippen LogP contribution in [-0.4, -0.2) is 31.2 Å². The number of aromatic nitrogens is 2. The van der Waals surface area contributed by atoms with Crippen LogP contribution in [0, 0.1) is 18.6 Å². The highest BCUT2D eigenvalue weighted by Crippen LogP contribution is 2.41. The summed E-state index contributed by atoms with van der Waals surface area (Å²) >= 11 is 0. The van der Waals surface area contributed by atoms with Crippen LogP contribution >= 0.6 is 0 Å². The number of pyridine rings is 1. The number of benzene rings is 2. The summed E-state index contributed by atoms with van der Waals surface area (Å²) in [6.45, 7) is 3.48. The molecule has 2 aromatic carbocycles. The summed E-state index contributed by atoms with van der Waals surface area (Å²) in [6.07, 6.45) is 3.41. The Morgan fingerprint density at radius 2 is 1.82 bits per heavy atom. The van der Waals surface area contributed by atoms with Gasteiger partial charge < -0.3 is 14.5 Å². The minimum absolute atomic E-state index is 0.0104. The number of sulfone groups is 1. The molecule has 1 N–H and O–H groups in total. The molecule has 0 amide bonds. The van der Waals surface area contributed by atoms with Crippen molar-refractivity contribution in [1.82, 2.24) is 9.97 Å². The highest BCUT2D eigenvalue weighted by atomic mass is 32.2. The van der Waals surface area contributed by atoms with Crippen LogP contribution < -0.4 is 9.47 Å². The molecule has 9 heteroatoms. The molecule has 33 heavy (non-hydrogen) atoms. The second kappa shape index (κ2) is 8.82. The van der Waals surface area contributed by atoms with E-state index in [-0.39, 0.29) is 23.0 Å². The average molecular weight is 473 g/mol. The highest BCUT2D eigenvalue weighted by molar-refractivity contribution is 7.90. The molecule has 0 aliphatic carbocycles. The lowest BCUT2D eigenvalue weighted by Gasteiger charge is -2.14. The Bertz CT molecular complexity index is 1450. The van der Waals surface area contributed by atoms with Crippen LogP contribution in [0.4, 0.5) is 8.78 Å². The number of nitrogens with zero attached hydrogens (tertiary/aromatic N) is 1. The van der Waals surface area contributed by atoms with E-state index in [1.54, 1.807) is 37.5 Å². The predicted molar refractivity (Wildman–Crippen MR) is 122 cm³/mol. The molecule has 0 aliphatic rings. The third-order valence-electron chi connectivity index (χ3n) is 5.33. The smallest absolute Gasteiger partial charge is 0.238 e. The Kier molecular flexibility index (Phi) is 6.07. The van der Waals surface area contributed by atoms with Crippen LogP contribution in [0.1, 0.15) is 18.1 Å². The first-order valence-electron chi connectivity index (χ1n) is 10.2. The van der Waals surface area contributed by atoms with Gasteiger partial charge in [-0.2, -0.15) is 0 Å². The minimum atomic E-state index is -3.28. The maximum absolute atomic E-state index is 14.3. The van der Waals surface area contributed by atoms with Crippen molar-refractivity contribution in [3.63, 3.8) is 0 Å². The van der Waals surface area contributed by atoms with Crippen LogP contribution in [-0.2, 0) is 15.6 Å². The van der Waals surface area contributed by atoms with E-state index >= 15 is 0 Å². The van der Waals surface area contributed by atoms with Gasteiger partial charge in [-0.3, -0.25) is 0 Å². The van der Waals surface area contributed by atoms with Gasteiger partial charge in [0.05, 0.1) is 12.9 Å². The highest BCUT2D eigenvalue weighted by Gasteiger charge is 2.20. The van der Waals surface area contributed by atoms with Crippen LogP contribution in [0.3, 0.4) is 0 Å². The number of fused-ring (bicyclic) bond motifs is 1. The second-order valence-corrected chi connectivity index (χ2v) is 9.94. The maximum atomic E-state index is 14.3. The molecule has 0 saturated heterocycles. The first-order chi connectivity index (χ1) is 15.7. The van der Waals surface area contributed by atoms with E-state index < -0.39 is 21.5 Å². The van der Waals surface area contributed by atoms with E-state index in [1.165, 1.54) is 13.2 Å². The molecular formula is C24H22F2N2O4S. The van der Waals surface area contributed by atoms with Gasteiger partial charge in [-0.1, -0.05) is 13.0 Å².